The van der Waals surface area contributed by atoms with Gasteiger partial charge in [-0.2, -0.15) is 0 Å². The second-order valence-electron chi connectivity index (χ2n) is 8.39. The maximum absolute atomic E-state index is 2.49. The summed E-state index contributed by atoms with van der Waals surface area (Å²) >= 11 is 0. The minimum Gasteiger partial charge on any atom is -0.234 e. The molecule has 0 N–H and O–H groups in total. The van der Waals surface area contributed by atoms with Gasteiger partial charge in [-0.25, -0.2) is 9.13 Å². The van der Waals surface area contributed by atoms with E-state index >= 15 is 0 Å². The van der Waals surface area contributed by atoms with Gasteiger partial charge in [-0.15, -0.1) is 0 Å². The Morgan fingerprint density at radius 3 is 1.68 bits per heavy atom. The average molecular weight is 350 g/mol. The van der Waals surface area contributed by atoms with E-state index in [1.54, 1.807) is 0 Å². The van der Waals surface area contributed by atoms with E-state index < -0.39 is 0 Å². The number of unbranched alkanes of at least 4 members (excludes halogenated alkanes) is 11. The van der Waals surface area contributed by atoms with Gasteiger partial charge in [0.25, 0.3) is 5.82 Å². The monoisotopic (exact) mass is 349 g/mol. The molecule has 1 heterocycles. The van der Waals surface area contributed by atoms with Crippen LogP contribution in [0.4, 0.5) is 0 Å². The van der Waals surface area contributed by atoms with Crippen LogP contribution in [0, 0.1) is 0 Å². The Balaban J connectivity index is 2.09. The van der Waals surface area contributed by atoms with Gasteiger partial charge in [-0.3, -0.25) is 0 Å². The topological polar surface area (TPSA) is 8.81 Å². The summed E-state index contributed by atoms with van der Waals surface area (Å²) in [5.41, 5.74) is 0. The molecule has 0 aliphatic carbocycles. The summed E-state index contributed by atoms with van der Waals surface area (Å²) in [7, 11) is 0. The maximum Gasteiger partial charge on any atom is 0.259 e. The van der Waals surface area contributed by atoms with Crippen LogP contribution in [-0.4, -0.2) is 4.57 Å². The Labute approximate surface area is 158 Å². The minimum atomic E-state index is 0.556. The van der Waals surface area contributed by atoms with Crippen molar-refractivity contribution >= 4 is 0 Å². The molecular weight excluding hydrogens is 304 g/mol. The Morgan fingerprint density at radius 1 is 0.760 bits per heavy atom. The first-order chi connectivity index (χ1) is 12.1. The summed E-state index contributed by atoms with van der Waals surface area (Å²) in [4.78, 5) is 0. The van der Waals surface area contributed by atoms with Gasteiger partial charge >= 0.3 is 0 Å². The number of imidazole rings is 1. The zero-order chi connectivity index (χ0) is 18.5. The number of nitrogens with zero attached hydrogens (tertiary/aromatic N) is 2. The van der Waals surface area contributed by atoms with Crippen molar-refractivity contribution in [2.75, 3.05) is 0 Å². The van der Waals surface area contributed by atoms with Crippen LogP contribution in [0.5, 0.6) is 0 Å². The third kappa shape index (κ3) is 8.92. The third-order valence-corrected chi connectivity index (χ3v) is 5.29. The summed E-state index contributed by atoms with van der Waals surface area (Å²) in [5.74, 6) is 2.08. The summed E-state index contributed by atoms with van der Waals surface area (Å²) in [6.07, 6.45) is 21.6. The molecule has 25 heavy (non-hydrogen) atoms. The lowest BCUT2D eigenvalue weighted by molar-refractivity contribution is -0.705. The highest BCUT2D eigenvalue weighted by Gasteiger charge is 2.21. The Bertz CT molecular complexity index is 431. The summed E-state index contributed by atoms with van der Waals surface area (Å²) < 4.78 is 4.92. The molecule has 0 spiro atoms. The van der Waals surface area contributed by atoms with E-state index in [0.29, 0.717) is 12.0 Å². The maximum atomic E-state index is 2.49. The molecule has 0 aliphatic rings. The van der Waals surface area contributed by atoms with Crippen molar-refractivity contribution < 1.29 is 4.57 Å². The predicted octanol–water partition coefficient (Wildman–Crippen LogP) is 7.18. The van der Waals surface area contributed by atoms with Gasteiger partial charge in [-0.05, 0) is 26.7 Å². The van der Waals surface area contributed by atoms with Crippen molar-refractivity contribution in [1.29, 1.82) is 0 Å². The number of hydrogen-bond acceptors (Lipinski definition) is 0. The van der Waals surface area contributed by atoms with Crippen LogP contribution in [-0.2, 0) is 6.54 Å². The smallest absolute Gasteiger partial charge is 0.234 e. The van der Waals surface area contributed by atoms with E-state index in [9.17, 15) is 0 Å². The molecule has 1 rings (SSSR count). The van der Waals surface area contributed by atoms with Crippen molar-refractivity contribution in [1.82, 2.24) is 4.57 Å². The van der Waals surface area contributed by atoms with Crippen LogP contribution in [0.3, 0.4) is 0 Å². The number of aromatic nitrogens is 2. The third-order valence-electron chi connectivity index (χ3n) is 5.29. The Hall–Kier alpha value is -0.790. The van der Waals surface area contributed by atoms with Crippen LogP contribution < -0.4 is 4.57 Å². The lowest BCUT2D eigenvalue weighted by atomic mass is 10.1. The highest BCUT2D eigenvalue weighted by atomic mass is 15.2. The van der Waals surface area contributed by atoms with Crippen LogP contribution in [0.25, 0.3) is 0 Å². The first-order valence-electron chi connectivity index (χ1n) is 11.2. The first kappa shape index (κ1) is 22.3. The summed E-state index contributed by atoms with van der Waals surface area (Å²) in [6, 6.07) is 0.556. The molecule has 0 atom stereocenters. The van der Waals surface area contributed by atoms with E-state index in [4.69, 9.17) is 0 Å². The zero-order valence-electron chi connectivity index (χ0n) is 17.9. The molecule has 0 radical (unpaired) electrons. The molecule has 0 saturated heterocycles. The fraction of sp³-hybridized carbons (Fsp3) is 0.870. The molecule has 146 valence electrons. The molecule has 0 amide bonds. The van der Waals surface area contributed by atoms with Gasteiger partial charge in [0.2, 0.25) is 0 Å². The lowest BCUT2D eigenvalue weighted by Crippen LogP contribution is -2.38. The lowest BCUT2D eigenvalue weighted by Gasteiger charge is -2.10. The normalized spacial score (nSPS) is 11.8. The van der Waals surface area contributed by atoms with Gasteiger partial charge < -0.3 is 0 Å². The van der Waals surface area contributed by atoms with Crippen molar-refractivity contribution in [2.45, 2.75) is 130 Å². The van der Waals surface area contributed by atoms with Crippen LogP contribution in [0.2, 0.25) is 0 Å². The molecule has 2 heteroatoms. The predicted molar refractivity (Wildman–Crippen MR) is 110 cm³/mol. The average Bonchev–Trinajstić information content (AvgIpc) is 3.00. The Kier molecular flexibility index (Phi) is 11.9. The molecule has 0 saturated carbocycles. The van der Waals surface area contributed by atoms with E-state index in [2.05, 4.69) is 56.1 Å². The first-order valence-corrected chi connectivity index (χ1v) is 11.2. The standard InChI is InChI=1S/C23H45N2/c1-6-7-8-9-10-11-12-13-14-15-16-17-18-24-19-20-25(22(4)5)23(24)21(2)3/h19-22H,6-18H2,1-5H3/q+1. The van der Waals surface area contributed by atoms with E-state index in [-0.39, 0.29) is 0 Å². The molecule has 0 aliphatic heterocycles. The van der Waals surface area contributed by atoms with Gasteiger partial charge in [0.05, 0.1) is 18.5 Å². The second kappa shape index (κ2) is 13.4. The molecule has 0 aromatic carbocycles. The fourth-order valence-corrected chi connectivity index (χ4v) is 3.83. The number of hydrogen-bond donors (Lipinski definition) is 0. The zero-order valence-corrected chi connectivity index (χ0v) is 17.9. The van der Waals surface area contributed by atoms with Gasteiger partial charge in [0.15, 0.2) is 0 Å². The molecule has 1 aromatic heterocycles. The number of aryl methyl sites for hydroxylation is 1. The highest BCUT2D eigenvalue weighted by molar-refractivity contribution is 4.91. The van der Waals surface area contributed by atoms with Gasteiger partial charge in [-0.1, -0.05) is 85.0 Å². The van der Waals surface area contributed by atoms with Crippen LogP contribution >= 0.6 is 0 Å². The minimum absolute atomic E-state index is 0.556. The highest BCUT2D eigenvalue weighted by Crippen LogP contribution is 2.16. The largest absolute Gasteiger partial charge is 0.259 e. The molecule has 0 unspecified atom stereocenters. The second-order valence-corrected chi connectivity index (χ2v) is 8.39. The van der Waals surface area contributed by atoms with Crippen molar-refractivity contribution in [3.05, 3.63) is 18.2 Å². The van der Waals surface area contributed by atoms with E-state index in [0.717, 1.165) is 0 Å². The van der Waals surface area contributed by atoms with Gasteiger partial charge in [0, 0.05) is 0 Å². The SMILES string of the molecule is CCCCCCCCCCCCCC[n+]1ccn(C(C)C)c1C(C)C. The quantitative estimate of drug-likeness (QED) is 0.234. The molecule has 1 aromatic rings. The van der Waals surface area contributed by atoms with Crippen LogP contribution in [0.15, 0.2) is 12.4 Å². The Morgan fingerprint density at radius 2 is 1.24 bits per heavy atom. The van der Waals surface area contributed by atoms with E-state index in [1.807, 2.05) is 0 Å². The van der Waals surface area contributed by atoms with Crippen molar-refractivity contribution in [3.8, 4) is 0 Å². The van der Waals surface area contributed by atoms with Crippen LogP contribution in [0.1, 0.15) is 129 Å². The van der Waals surface area contributed by atoms with E-state index in [1.165, 1.54) is 89.4 Å². The number of rotatable bonds is 15. The molecule has 0 bridgehead atoms. The summed E-state index contributed by atoms with van der Waals surface area (Å²) in [5, 5.41) is 0. The fourth-order valence-electron chi connectivity index (χ4n) is 3.83. The summed E-state index contributed by atoms with van der Waals surface area (Å²) in [6.45, 7) is 12.7. The molecule has 2 nitrogen and oxygen atoms in total. The van der Waals surface area contributed by atoms with Gasteiger partial charge in [0.1, 0.15) is 12.4 Å². The van der Waals surface area contributed by atoms with Crippen molar-refractivity contribution in [3.63, 3.8) is 0 Å². The molecular formula is C23H45N2+. The van der Waals surface area contributed by atoms with Crippen molar-refractivity contribution in [2.24, 2.45) is 0 Å². The molecule has 0 fully saturated rings.